The summed E-state index contributed by atoms with van der Waals surface area (Å²) in [4.78, 5) is 13.9. The zero-order valence-corrected chi connectivity index (χ0v) is 12.9. The average Bonchev–Trinajstić information content (AvgIpc) is 2.25. The number of nitrogens with zero attached hydrogens (tertiary/aromatic N) is 1. The van der Waals surface area contributed by atoms with Gasteiger partial charge in [-0.25, -0.2) is 4.79 Å². The van der Waals surface area contributed by atoms with Crippen molar-refractivity contribution in [1.29, 1.82) is 0 Å². The van der Waals surface area contributed by atoms with Crippen LogP contribution in [0.5, 0.6) is 0 Å². The highest BCUT2D eigenvalue weighted by molar-refractivity contribution is 5.68. The van der Waals surface area contributed by atoms with E-state index in [1.54, 1.807) is 0 Å². The Balaban J connectivity index is 4.20. The van der Waals surface area contributed by atoms with E-state index < -0.39 is 5.60 Å². The van der Waals surface area contributed by atoms with Crippen molar-refractivity contribution in [2.24, 2.45) is 0 Å². The van der Waals surface area contributed by atoms with Crippen molar-refractivity contribution in [2.75, 3.05) is 13.1 Å². The standard InChI is InChI=1S/C15H31NO2/c1-6-8-10-12-16(13-11-9-7-2)14(17)18-15(3,4)5/h6-13H2,1-5H3. The number of hydrogen-bond donors (Lipinski definition) is 0. The van der Waals surface area contributed by atoms with E-state index in [-0.39, 0.29) is 6.09 Å². The molecule has 0 rings (SSSR count). The van der Waals surface area contributed by atoms with Crippen LogP contribution in [-0.4, -0.2) is 29.7 Å². The molecule has 3 heteroatoms. The lowest BCUT2D eigenvalue weighted by molar-refractivity contribution is 0.0243. The fourth-order valence-electron chi connectivity index (χ4n) is 1.73. The van der Waals surface area contributed by atoms with Crippen molar-refractivity contribution in [1.82, 2.24) is 4.90 Å². The number of hydrogen-bond acceptors (Lipinski definition) is 2. The third kappa shape index (κ3) is 9.32. The normalized spacial score (nSPS) is 11.4. The highest BCUT2D eigenvalue weighted by Gasteiger charge is 2.21. The van der Waals surface area contributed by atoms with Crippen LogP contribution in [0, 0.1) is 0 Å². The molecule has 0 N–H and O–H groups in total. The van der Waals surface area contributed by atoms with Crippen LogP contribution in [0.3, 0.4) is 0 Å². The van der Waals surface area contributed by atoms with Gasteiger partial charge in [-0.15, -0.1) is 0 Å². The molecule has 0 fully saturated rings. The van der Waals surface area contributed by atoms with Gasteiger partial charge < -0.3 is 9.64 Å². The molecule has 0 aromatic rings. The van der Waals surface area contributed by atoms with Crippen molar-refractivity contribution in [3.8, 4) is 0 Å². The molecule has 0 saturated heterocycles. The summed E-state index contributed by atoms with van der Waals surface area (Å²) in [6.07, 6.45) is 6.69. The maximum absolute atomic E-state index is 12.1. The first-order valence-electron chi connectivity index (χ1n) is 7.38. The lowest BCUT2D eigenvalue weighted by atomic mass is 10.2. The van der Waals surface area contributed by atoms with Crippen LogP contribution in [0.25, 0.3) is 0 Å². The van der Waals surface area contributed by atoms with Gasteiger partial charge >= 0.3 is 6.09 Å². The number of rotatable bonds is 8. The van der Waals surface area contributed by atoms with Crippen molar-refractivity contribution < 1.29 is 9.53 Å². The average molecular weight is 257 g/mol. The van der Waals surface area contributed by atoms with Crippen LogP contribution in [0.4, 0.5) is 4.79 Å². The van der Waals surface area contributed by atoms with Gasteiger partial charge in [0.05, 0.1) is 0 Å². The van der Waals surface area contributed by atoms with Gasteiger partial charge in [-0.05, 0) is 33.6 Å². The van der Waals surface area contributed by atoms with Gasteiger partial charge in [0.15, 0.2) is 0 Å². The van der Waals surface area contributed by atoms with E-state index in [0.29, 0.717) is 0 Å². The fraction of sp³-hybridized carbons (Fsp3) is 0.933. The smallest absolute Gasteiger partial charge is 0.410 e. The van der Waals surface area contributed by atoms with Crippen molar-refractivity contribution in [2.45, 2.75) is 78.7 Å². The molecule has 1 amide bonds. The molecule has 3 nitrogen and oxygen atoms in total. The maximum Gasteiger partial charge on any atom is 0.410 e. The summed E-state index contributed by atoms with van der Waals surface area (Å²) in [5, 5.41) is 0. The quantitative estimate of drug-likeness (QED) is 0.594. The molecular formula is C15H31NO2. The molecule has 0 bridgehead atoms. The van der Waals surface area contributed by atoms with Crippen LogP contribution in [0.2, 0.25) is 0 Å². The molecule has 0 aliphatic rings. The second kappa shape index (κ2) is 9.23. The monoisotopic (exact) mass is 257 g/mol. The Kier molecular flexibility index (Phi) is 8.86. The van der Waals surface area contributed by atoms with E-state index in [0.717, 1.165) is 25.9 Å². The highest BCUT2D eigenvalue weighted by Crippen LogP contribution is 2.12. The molecule has 0 unspecified atom stereocenters. The van der Waals surface area contributed by atoms with Gasteiger partial charge in [0.2, 0.25) is 0 Å². The van der Waals surface area contributed by atoms with Crippen molar-refractivity contribution in [3.05, 3.63) is 0 Å². The van der Waals surface area contributed by atoms with E-state index >= 15 is 0 Å². The third-order valence-electron chi connectivity index (χ3n) is 2.71. The molecule has 0 aromatic heterocycles. The molecule has 0 aromatic carbocycles. The van der Waals surface area contributed by atoms with Crippen LogP contribution in [0.1, 0.15) is 73.1 Å². The zero-order chi connectivity index (χ0) is 14.0. The summed E-state index contributed by atoms with van der Waals surface area (Å²) >= 11 is 0. The minimum absolute atomic E-state index is 0.158. The largest absolute Gasteiger partial charge is 0.444 e. The van der Waals surface area contributed by atoms with E-state index in [4.69, 9.17) is 4.74 Å². The summed E-state index contributed by atoms with van der Waals surface area (Å²) in [5.74, 6) is 0. The molecule has 18 heavy (non-hydrogen) atoms. The minimum Gasteiger partial charge on any atom is -0.444 e. The number of unbranched alkanes of at least 4 members (excludes halogenated alkanes) is 4. The molecule has 0 radical (unpaired) electrons. The van der Waals surface area contributed by atoms with E-state index in [1.807, 2.05) is 25.7 Å². The topological polar surface area (TPSA) is 29.5 Å². The minimum atomic E-state index is -0.398. The summed E-state index contributed by atoms with van der Waals surface area (Å²) < 4.78 is 5.45. The predicted octanol–water partition coefficient (Wildman–Crippen LogP) is 4.60. The van der Waals surface area contributed by atoms with Crippen LogP contribution in [0.15, 0.2) is 0 Å². The Morgan fingerprint density at radius 1 is 0.944 bits per heavy atom. The molecule has 0 aliphatic carbocycles. The van der Waals surface area contributed by atoms with Gasteiger partial charge in [-0.3, -0.25) is 0 Å². The van der Waals surface area contributed by atoms with Crippen molar-refractivity contribution in [3.63, 3.8) is 0 Å². The van der Waals surface area contributed by atoms with Crippen molar-refractivity contribution >= 4 is 6.09 Å². The molecule has 0 aliphatic heterocycles. The number of carbonyl (C=O) groups excluding carboxylic acids is 1. The SMILES string of the molecule is CCCCCN(CCCCC)C(=O)OC(C)(C)C. The third-order valence-corrected chi connectivity index (χ3v) is 2.71. The van der Waals surface area contributed by atoms with Gasteiger partial charge in [-0.2, -0.15) is 0 Å². The van der Waals surface area contributed by atoms with E-state index in [2.05, 4.69) is 13.8 Å². The van der Waals surface area contributed by atoms with Crippen LogP contribution in [-0.2, 0) is 4.74 Å². The Morgan fingerprint density at radius 2 is 1.39 bits per heavy atom. The number of carbonyl (C=O) groups is 1. The zero-order valence-electron chi connectivity index (χ0n) is 12.9. The van der Waals surface area contributed by atoms with Gasteiger partial charge in [-0.1, -0.05) is 39.5 Å². The lowest BCUT2D eigenvalue weighted by Crippen LogP contribution is -2.38. The van der Waals surface area contributed by atoms with Gasteiger partial charge in [0, 0.05) is 13.1 Å². The summed E-state index contributed by atoms with van der Waals surface area (Å²) in [6.45, 7) is 11.8. The Morgan fingerprint density at radius 3 is 1.72 bits per heavy atom. The number of amides is 1. The predicted molar refractivity (Wildman–Crippen MR) is 76.9 cm³/mol. The second-order valence-corrected chi connectivity index (χ2v) is 5.88. The van der Waals surface area contributed by atoms with Crippen LogP contribution < -0.4 is 0 Å². The Bertz CT molecular complexity index is 211. The highest BCUT2D eigenvalue weighted by atomic mass is 16.6. The van der Waals surface area contributed by atoms with Gasteiger partial charge in [0.1, 0.15) is 5.60 Å². The van der Waals surface area contributed by atoms with Crippen LogP contribution >= 0.6 is 0 Å². The fourth-order valence-corrected chi connectivity index (χ4v) is 1.73. The first kappa shape index (κ1) is 17.3. The summed E-state index contributed by atoms with van der Waals surface area (Å²) in [5.41, 5.74) is -0.398. The Labute approximate surface area is 113 Å². The molecule has 0 spiro atoms. The Hall–Kier alpha value is -0.730. The molecule has 0 saturated carbocycles. The maximum atomic E-state index is 12.1. The summed E-state index contributed by atoms with van der Waals surface area (Å²) in [7, 11) is 0. The number of ether oxygens (including phenoxy) is 1. The second-order valence-electron chi connectivity index (χ2n) is 5.88. The first-order chi connectivity index (χ1) is 8.40. The van der Waals surface area contributed by atoms with E-state index in [9.17, 15) is 4.79 Å². The lowest BCUT2D eigenvalue weighted by Gasteiger charge is -2.27. The first-order valence-corrected chi connectivity index (χ1v) is 7.38. The molecule has 0 atom stereocenters. The molecule has 0 heterocycles. The molecular weight excluding hydrogens is 226 g/mol. The van der Waals surface area contributed by atoms with E-state index in [1.165, 1.54) is 25.7 Å². The molecule has 108 valence electrons. The summed E-state index contributed by atoms with van der Waals surface area (Å²) in [6, 6.07) is 0. The van der Waals surface area contributed by atoms with Gasteiger partial charge in [0.25, 0.3) is 0 Å².